The number of hydrazone groups is 1. The predicted molar refractivity (Wildman–Crippen MR) is 142 cm³/mol. The fourth-order valence-electron chi connectivity index (χ4n) is 4.56. The molecule has 0 spiro atoms. The van der Waals surface area contributed by atoms with Gasteiger partial charge < -0.3 is 4.57 Å². The Labute approximate surface area is 208 Å². The number of fused-ring (bicyclic) bond motifs is 3. The number of aromatic nitrogens is 1. The Morgan fingerprint density at radius 1 is 1.00 bits per heavy atom. The first kappa shape index (κ1) is 22.5. The van der Waals surface area contributed by atoms with Gasteiger partial charge in [-0.3, -0.25) is 4.79 Å². The second-order valence-electron chi connectivity index (χ2n) is 8.30. The average molecular weight is 486 g/mol. The van der Waals surface area contributed by atoms with E-state index in [4.69, 9.17) is 11.6 Å². The van der Waals surface area contributed by atoms with Crippen LogP contribution in [0.1, 0.15) is 33.3 Å². The van der Waals surface area contributed by atoms with Crippen molar-refractivity contribution < 1.29 is 4.79 Å². The van der Waals surface area contributed by atoms with Crippen LogP contribution in [0.4, 0.5) is 0 Å². The molecule has 0 unspecified atom stereocenters. The molecule has 170 valence electrons. The maximum Gasteiger partial charge on any atom is 0.250 e. The molecule has 1 N–H and O–H groups in total. The normalized spacial score (nSPS) is 12.7. The molecule has 1 aromatic heterocycles. The first-order valence-corrected chi connectivity index (χ1v) is 12.5. The van der Waals surface area contributed by atoms with E-state index in [9.17, 15) is 4.79 Å². The van der Waals surface area contributed by atoms with E-state index in [1.165, 1.54) is 22.3 Å². The summed E-state index contributed by atoms with van der Waals surface area (Å²) < 4.78 is 2.14. The largest absolute Gasteiger partial charge is 0.318 e. The van der Waals surface area contributed by atoms with Gasteiger partial charge in [-0.1, -0.05) is 60.1 Å². The van der Waals surface area contributed by atoms with Crippen LogP contribution in [-0.4, -0.2) is 22.4 Å². The van der Waals surface area contributed by atoms with Gasteiger partial charge >= 0.3 is 0 Å². The van der Waals surface area contributed by atoms with Crippen molar-refractivity contribution in [2.45, 2.75) is 19.1 Å². The molecule has 0 saturated heterocycles. The summed E-state index contributed by atoms with van der Waals surface area (Å²) in [4.78, 5) is 12.6. The molecule has 0 aliphatic heterocycles. The van der Waals surface area contributed by atoms with Crippen LogP contribution in [0.2, 0.25) is 5.02 Å². The Bertz CT molecular complexity index is 1350. The van der Waals surface area contributed by atoms with E-state index in [2.05, 4.69) is 69.7 Å². The molecule has 1 amide bonds. The van der Waals surface area contributed by atoms with Gasteiger partial charge in [-0.25, -0.2) is 5.43 Å². The Morgan fingerprint density at radius 3 is 2.26 bits per heavy atom. The molecule has 4 aromatic rings. The molecule has 34 heavy (non-hydrogen) atoms. The van der Waals surface area contributed by atoms with Crippen LogP contribution in [0.25, 0.3) is 16.8 Å². The van der Waals surface area contributed by atoms with E-state index in [1.54, 1.807) is 18.0 Å². The number of hydrogen-bond donors (Lipinski definition) is 1. The monoisotopic (exact) mass is 485 g/mol. The number of nitrogens with zero attached hydrogens (tertiary/aromatic N) is 2. The van der Waals surface area contributed by atoms with Crippen molar-refractivity contribution in [3.8, 4) is 16.8 Å². The second kappa shape index (κ2) is 9.53. The predicted octanol–water partition coefficient (Wildman–Crippen LogP) is 6.70. The molecule has 0 radical (unpaired) electrons. The number of amides is 1. The molecule has 6 heteroatoms. The first-order valence-electron chi connectivity index (χ1n) is 11.1. The van der Waals surface area contributed by atoms with Crippen LogP contribution >= 0.6 is 23.4 Å². The van der Waals surface area contributed by atoms with E-state index in [0.29, 0.717) is 10.8 Å². The molecular formula is C28H24ClN3OS. The quantitative estimate of drug-likeness (QED) is 0.244. The lowest BCUT2D eigenvalue weighted by molar-refractivity contribution is -0.118. The number of nitrogens with one attached hydrogen (secondary N) is 1. The fraction of sp³-hybridized carbons (Fsp3) is 0.143. The van der Waals surface area contributed by atoms with Crippen molar-refractivity contribution in [2.24, 2.45) is 5.10 Å². The number of thioether (sulfide) groups is 1. The number of carbonyl (C=O) groups excluding carboxylic acids is 1. The number of halogens is 1. The summed E-state index contributed by atoms with van der Waals surface area (Å²) in [5.74, 6) is 0.212. The minimum atomic E-state index is -0.116. The Hall–Kier alpha value is -3.28. The van der Waals surface area contributed by atoms with Gasteiger partial charge in [-0.15, -0.1) is 11.8 Å². The molecule has 1 aliphatic rings. The van der Waals surface area contributed by atoms with Crippen LogP contribution < -0.4 is 5.43 Å². The minimum Gasteiger partial charge on any atom is -0.318 e. The summed E-state index contributed by atoms with van der Waals surface area (Å²) in [6.07, 6.45) is 1.71. The van der Waals surface area contributed by atoms with Gasteiger partial charge in [0.25, 0.3) is 0 Å². The molecule has 0 atom stereocenters. The van der Waals surface area contributed by atoms with Gasteiger partial charge in [-0.05, 0) is 66.4 Å². The van der Waals surface area contributed by atoms with E-state index in [1.807, 2.05) is 38.1 Å². The average Bonchev–Trinajstić information content (AvgIpc) is 3.32. The van der Waals surface area contributed by atoms with Crippen LogP contribution in [0, 0.1) is 13.8 Å². The molecule has 0 bridgehead atoms. The zero-order valence-electron chi connectivity index (χ0n) is 19.0. The van der Waals surface area contributed by atoms with Gasteiger partial charge in [0.05, 0.1) is 17.2 Å². The number of aryl methyl sites for hydroxylation is 1. The maximum atomic E-state index is 12.6. The van der Waals surface area contributed by atoms with Crippen molar-refractivity contribution in [2.75, 3.05) is 5.75 Å². The van der Waals surface area contributed by atoms with Crippen molar-refractivity contribution >= 4 is 35.5 Å². The lowest BCUT2D eigenvalue weighted by Crippen LogP contribution is -2.20. The lowest BCUT2D eigenvalue weighted by atomic mass is 10.1. The van der Waals surface area contributed by atoms with Gasteiger partial charge in [-0.2, -0.15) is 5.10 Å². The molecule has 1 heterocycles. The molecule has 0 fully saturated rings. The Balaban J connectivity index is 1.24. The third-order valence-corrected chi connectivity index (χ3v) is 7.63. The Morgan fingerprint density at radius 2 is 1.62 bits per heavy atom. The van der Waals surface area contributed by atoms with E-state index in [-0.39, 0.29) is 11.2 Å². The van der Waals surface area contributed by atoms with Crippen molar-refractivity contribution in [3.63, 3.8) is 0 Å². The summed E-state index contributed by atoms with van der Waals surface area (Å²) >= 11 is 7.66. The minimum absolute atomic E-state index is 0.116. The van der Waals surface area contributed by atoms with Crippen LogP contribution in [0.5, 0.6) is 0 Å². The van der Waals surface area contributed by atoms with Crippen molar-refractivity contribution in [3.05, 3.63) is 112 Å². The van der Waals surface area contributed by atoms with E-state index in [0.717, 1.165) is 22.6 Å². The first-order chi connectivity index (χ1) is 16.5. The van der Waals surface area contributed by atoms with Crippen LogP contribution in [0.3, 0.4) is 0 Å². The SMILES string of the molecule is Cc1cc(/C=N\NC(=O)CSC2c3ccccc3-c3ccccc32)c(C)n1-c1ccc(Cl)cc1. The number of rotatable bonds is 6. The zero-order valence-corrected chi connectivity index (χ0v) is 20.5. The Kier molecular flexibility index (Phi) is 6.31. The highest BCUT2D eigenvalue weighted by Crippen LogP contribution is 2.49. The number of benzene rings is 3. The molecule has 1 aliphatic carbocycles. The third-order valence-electron chi connectivity index (χ3n) is 6.11. The van der Waals surface area contributed by atoms with Gasteiger partial charge in [0.1, 0.15) is 0 Å². The second-order valence-corrected chi connectivity index (χ2v) is 9.83. The highest BCUT2D eigenvalue weighted by molar-refractivity contribution is 8.00. The van der Waals surface area contributed by atoms with Crippen LogP contribution in [0.15, 0.2) is 84.0 Å². The summed E-state index contributed by atoms with van der Waals surface area (Å²) in [5, 5.41) is 5.09. The standard InChI is InChI=1S/C28H24ClN3OS/c1-18-15-20(19(2)32(18)22-13-11-21(29)12-14-22)16-30-31-27(33)17-34-28-25-9-5-3-7-23(25)24-8-4-6-10-26(24)28/h3-16,28H,17H2,1-2H3,(H,31,33)/b30-16-. The van der Waals surface area contributed by atoms with Crippen molar-refractivity contribution in [1.82, 2.24) is 9.99 Å². The van der Waals surface area contributed by atoms with Crippen LogP contribution in [-0.2, 0) is 4.79 Å². The highest BCUT2D eigenvalue weighted by Gasteiger charge is 2.28. The smallest absolute Gasteiger partial charge is 0.250 e. The van der Waals surface area contributed by atoms with Crippen molar-refractivity contribution in [1.29, 1.82) is 0 Å². The summed E-state index contributed by atoms with van der Waals surface area (Å²) in [6, 6.07) is 26.6. The summed E-state index contributed by atoms with van der Waals surface area (Å²) in [7, 11) is 0. The maximum absolute atomic E-state index is 12.6. The highest BCUT2D eigenvalue weighted by atomic mass is 35.5. The van der Waals surface area contributed by atoms with E-state index < -0.39 is 0 Å². The third kappa shape index (κ3) is 4.29. The van der Waals surface area contributed by atoms with Gasteiger partial charge in [0, 0.05) is 27.7 Å². The molecule has 5 rings (SSSR count). The number of hydrogen-bond acceptors (Lipinski definition) is 3. The molecule has 0 saturated carbocycles. The lowest BCUT2D eigenvalue weighted by Gasteiger charge is -2.12. The number of carbonyl (C=O) groups is 1. The van der Waals surface area contributed by atoms with Gasteiger partial charge in [0.15, 0.2) is 0 Å². The summed E-state index contributed by atoms with van der Waals surface area (Å²) in [5.41, 5.74) is 11.9. The molecular weight excluding hydrogens is 462 g/mol. The fourth-order valence-corrected chi connectivity index (χ4v) is 5.84. The van der Waals surface area contributed by atoms with E-state index >= 15 is 0 Å². The topological polar surface area (TPSA) is 46.4 Å². The van der Waals surface area contributed by atoms with Gasteiger partial charge in [0.2, 0.25) is 5.91 Å². The molecule has 3 aromatic carbocycles. The zero-order chi connectivity index (χ0) is 23.7. The summed E-state index contributed by atoms with van der Waals surface area (Å²) in [6.45, 7) is 4.08. The molecule has 4 nitrogen and oxygen atoms in total.